The summed E-state index contributed by atoms with van der Waals surface area (Å²) in [6.07, 6.45) is 10.9. The van der Waals surface area contributed by atoms with E-state index in [9.17, 15) is 4.39 Å². The van der Waals surface area contributed by atoms with Crippen LogP contribution in [0.25, 0.3) is 0 Å². The summed E-state index contributed by atoms with van der Waals surface area (Å²) in [7, 11) is 0. The number of aryl methyl sites for hydroxylation is 1. The van der Waals surface area contributed by atoms with Crippen LogP contribution >= 0.6 is 11.6 Å². The molecule has 1 atom stereocenters. The lowest BCUT2D eigenvalue weighted by molar-refractivity contribution is 0.339. The van der Waals surface area contributed by atoms with Gasteiger partial charge in [0.2, 0.25) is 0 Å². The first-order valence-corrected chi connectivity index (χ1v) is 9.07. The minimum absolute atomic E-state index is 0.184. The third kappa shape index (κ3) is 3.25. The van der Waals surface area contributed by atoms with Crippen molar-refractivity contribution in [2.75, 3.05) is 0 Å². The van der Waals surface area contributed by atoms with Crippen LogP contribution in [0.2, 0.25) is 5.02 Å². The molecule has 0 aliphatic heterocycles. The number of benzene rings is 1. The summed E-state index contributed by atoms with van der Waals surface area (Å²) in [4.78, 5) is 0. The highest BCUT2D eigenvalue weighted by atomic mass is 35.5. The van der Waals surface area contributed by atoms with E-state index >= 15 is 0 Å². The lowest BCUT2D eigenvalue weighted by atomic mass is 9.73. The Bertz CT molecular complexity index is 567. The van der Waals surface area contributed by atoms with Gasteiger partial charge >= 0.3 is 0 Å². The lowest BCUT2D eigenvalue weighted by Crippen LogP contribution is -2.18. The van der Waals surface area contributed by atoms with Gasteiger partial charge in [0.15, 0.2) is 0 Å². The molecule has 1 saturated carbocycles. The van der Waals surface area contributed by atoms with Gasteiger partial charge in [-0.15, -0.1) is 0 Å². The van der Waals surface area contributed by atoms with Gasteiger partial charge in [-0.1, -0.05) is 42.3 Å². The van der Waals surface area contributed by atoms with Gasteiger partial charge in [0, 0.05) is 0 Å². The molecule has 0 radical (unpaired) electrons. The maximum absolute atomic E-state index is 14.4. The molecule has 22 heavy (non-hydrogen) atoms. The summed E-state index contributed by atoms with van der Waals surface area (Å²) in [5.74, 6) is 1.75. The van der Waals surface area contributed by atoms with E-state index in [0.29, 0.717) is 10.9 Å². The van der Waals surface area contributed by atoms with E-state index in [1.807, 2.05) is 19.1 Å². The monoisotopic (exact) mass is 320 g/mol. The van der Waals surface area contributed by atoms with E-state index in [0.717, 1.165) is 35.8 Å². The molecule has 1 aromatic carbocycles. The fourth-order valence-electron chi connectivity index (χ4n) is 4.11. The van der Waals surface area contributed by atoms with E-state index in [1.165, 1.54) is 32.1 Å². The first kappa shape index (κ1) is 16.1. The predicted octanol–water partition coefficient (Wildman–Crippen LogP) is 6.81. The first-order valence-electron chi connectivity index (χ1n) is 8.69. The highest BCUT2D eigenvalue weighted by Crippen LogP contribution is 2.43. The Hall–Kier alpha value is -0.820. The van der Waals surface area contributed by atoms with E-state index in [1.54, 1.807) is 5.57 Å². The normalized spacial score (nSPS) is 29.3. The van der Waals surface area contributed by atoms with E-state index in [2.05, 4.69) is 13.0 Å². The maximum atomic E-state index is 14.4. The Morgan fingerprint density at radius 2 is 1.73 bits per heavy atom. The molecule has 0 amide bonds. The molecule has 3 rings (SSSR count). The SMILES string of the molecule is Cc1ccc(C2CCC(C3=CCC(C)CC3)CC2)c(F)c1Cl. The standard InChI is InChI=1S/C20H26ClF/c1-13-3-6-15(7-4-13)16-8-10-17(11-9-16)18-12-5-14(2)19(21)20(18)22/h5-6,12-13,16-17H,3-4,7-11H2,1-2H3. The van der Waals surface area contributed by atoms with Crippen LogP contribution < -0.4 is 0 Å². The smallest absolute Gasteiger partial charge is 0.145 e. The highest BCUT2D eigenvalue weighted by Gasteiger charge is 2.28. The van der Waals surface area contributed by atoms with Gasteiger partial charge in [-0.05, 0) is 80.8 Å². The molecule has 0 heterocycles. The van der Waals surface area contributed by atoms with Gasteiger partial charge in [0.25, 0.3) is 0 Å². The van der Waals surface area contributed by atoms with Gasteiger partial charge < -0.3 is 0 Å². The Morgan fingerprint density at radius 1 is 1.05 bits per heavy atom. The summed E-state index contributed by atoms with van der Waals surface area (Å²) in [6, 6.07) is 3.90. The maximum Gasteiger partial charge on any atom is 0.145 e. The summed E-state index contributed by atoms with van der Waals surface area (Å²) < 4.78 is 14.4. The van der Waals surface area contributed by atoms with Crippen LogP contribution in [0, 0.1) is 24.6 Å². The van der Waals surface area contributed by atoms with Gasteiger partial charge in [-0.3, -0.25) is 0 Å². The molecule has 1 unspecified atom stereocenters. The molecule has 0 nitrogen and oxygen atoms in total. The average molecular weight is 321 g/mol. The van der Waals surface area contributed by atoms with Crippen molar-refractivity contribution in [2.45, 2.75) is 64.7 Å². The minimum atomic E-state index is -0.184. The molecule has 1 aromatic rings. The van der Waals surface area contributed by atoms with Crippen LogP contribution in [-0.2, 0) is 0 Å². The summed E-state index contributed by atoms with van der Waals surface area (Å²) in [5.41, 5.74) is 3.34. The number of rotatable bonds is 2. The van der Waals surface area contributed by atoms with Gasteiger partial charge in [0.05, 0.1) is 5.02 Å². The van der Waals surface area contributed by atoms with Crippen molar-refractivity contribution in [3.8, 4) is 0 Å². The zero-order valence-corrected chi connectivity index (χ0v) is 14.4. The minimum Gasteiger partial charge on any atom is -0.205 e. The van der Waals surface area contributed by atoms with Crippen LogP contribution in [0.4, 0.5) is 4.39 Å². The number of hydrogen-bond donors (Lipinski definition) is 0. The molecule has 1 fully saturated rings. The van der Waals surface area contributed by atoms with Crippen molar-refractivity contribution in [3.63, 3.8) is 0 Å². The van der Waals surface area contributed by atoms with Crippen LogP contribution in [-0.4, -0.2) is 0 Å². The Morgan fingerprint density at radius 3 is 2.36 bits per heavy atom. The molecule has 2 heteroatoms. The Labute approximate surface area is 138 Å². The topological polar surface area (TPSA) is 0 Å². The molecule has 0 bridgehead atoms. The lowest BCUT2D eigenvalue weighted by Gasteiger charge is -2.33. The van der Waals surface area contributed by atoms with Gasteiger partial charge in [0.1, 0.15) is 5.82 Å². The Kier molecular flexibility index (Phi) is 4.92. The van der Waals surface area contributed by atoms with Crippen LogP contribution in [0.3, 0.4) is 0 Å². The predicted molar refractivity (Wildman–Crippen MR) is 91.9 cm³/mol. The fourth-order valence-corrected chi connectivity index (χ4v) is 4.28. The molecule has 0 aromatic heterocycles. The van der Waals surface area contributed by atoms with Crippen molar-refractivity contribution in [1.82, 2.24) is 0 Å². The third-order valence-electron chi connectivity index (χ3n) is 5.70. The third-order valence-corrected chi connectivity index (χ3v) is 6.17. The van der Waals surface area contributed by atoms with E-state index in [-0.39, 0.29) is 5.82 Å². The molecule has 2 aliphatic rings. The zero-order valence-electron chi connectivity index (χ0n) is 13.7. The Balaban J connectivity index is 1.66. The molecule has 0 saturated heterocycles. The first-order chi connectivity index (χ1) is 10.6. The van der Waals surface area contributed by atoms with Crippen molar-refractivity contribution in [2.24, 2.45) is 11.8 Å². The second-order valence-electron chi connectivity index (χ2n) is 7.31. The van der Waals surface area contributed by atoms with Crippen molar-refractivity contribution in [3.05, 3.63) is 45.7 Å². The molecular weight excluding hydrogens is 295 g/mol. The van der Waals surface area contributed by atoms with Crippen LogP contribution in [0.15, 0.2) is 23.8 Å². The summed E-state index contributed by atoms with van der Waals surface area (Å²) in [6.45, 7) is 4.21. The largest absolute Gasteiger partial charge is 0.205 e. The number of halogens is 2. The summed E-state index contributed by atoms with van der Waals surface area (Å²) >= 11 is 6.08. The van der Waals surface area contributed by atoms with Gasteiger partial charge in [-0.2, -0.15) is 0 Å². The molecule has 0 N–H and O–H groups in total. The van der Waals surface area contributed by atoms with Crippen molar-refractivity contribution < 1.29 is 4.39 Å². The fraction of sp³-hybridized carbons (Fsp3) is 0.600. The van der Waals surface area contributed by atoms with Gasteiger partial charge in [-0.25, -0.2) is 4.39 Å². The molecular formula is C20H26ClF. The quantitative estimate of drug-likeness (QED) is 0.525. The van der Waals surface area contributed by atoms with E-state index < -0.39 is 0 Å². The second-order valence-corrected chi connectivity index (χ2v) is 7.68. The molecule has 2 aliphatic carbocycles. The summed E-state index contributed by atoms with van der Waals surface area (Å²) in [5, 5.41) is 0.309. The molecule has 120 valence electrons. The van der Waals surface area contributed by atoms with Crippen LogP contribution in [0.1, 0.15) is 68.9 Å². The van der Waals surface area contributed by atoms with Crippen LogP contribution in [0.5, 0.6) is 0 Å². The van der Waals surface area contributed by atoms with E-state index in [4.69, 9.17) is 11.6 Å². The number of allylic oxidation sites excluding steroid dienone is 2. The zero-order chi connectivity index (χ0) is 15.7. The second kappa shape index (κ2) is 6.74. The highest BCUT2D eigenvalue weighted by molar-refractivity contribution is 6.31. The average Bonchev–Trinajstić information content (AvgIpc) is 2.54. The van der Waals surface area contributed by atoms with Crippen molar-refractivity contribution in [1.29, 1.82) is 0 Å². The van der Waals surface area contributed by atoms with Crippen molar-refractivity contribution >= 4 is 11.6 Å². The number of hydrogen-bond acceptors (Lipinski definition) is 0. The molecule has 0 spiro atoms.